The highest BCUT2D eigenvalue weighted by molar-refractivity contribution is 9.10. The normalized spacial score (nSPS) is 9.82. The van der Waals surface area contributed by atoms with Gasteiger partial charge in [-0.3, -0.25) is 9.59 Å². The molecule has 0 atom stereocenters. The summed E-state index contributed by atoms with van der Waals surface area (Å²) in [6, 6.07) is 5.31. The van der Waals surface area contributed by atoms with Crippen molar-refractivity contribution in [2.45, 2.75) is 6.92 Å². The van der Waals surface area contributed by atoms with Crippen LogP contribution in [0.15, 0.2) is 22.7 Å². The topological polar surface area (TPSA) is 49.4 Å². The van der Waals surface area contributed by atoms with Crippen molar-refractivity contribution in [1.29, 1.82) is 0 Å². The molecule has 0 radical (unpaired) electrons. The molecule has 92 valence electrons. The van der Waals surface area contributed by atoms with Crippen LogP contribution >= 0.6 is 15.9 Å². The van der Waals surface area contributed by atoms with Crippen LogP contribution in [0.25, 0.3) is 0 Å². The Kier molecular flexibility index (Phi) is 5.15. The fourth-order valence-electron chi connectivity index (χ4n) is 1.47. The second-order valence-electron chi connectivity index (χ2n) is 3.52. The maximum absolute atomic E-state index is 11.4. The third-order valence-electron chi connectivity index (χ3n) is 2.44. The summed E-state index contributed by atoms with van der Waals surface area (Å²) in [5.74, 6) is -0.0433. The van der Waals surface area contributed by atoms with Crippen molar-refractivity contribution in [3.8, 4) is 0 Å². The van der Waals surface area contributed by atoms with Crippen LogP contribution in [-0.2, 0) is 4.79 Å². The number of hydrogen-bond donors (Lipinski definition) is 1. The molecule has 4 nitrogen and oxygen atoms in total. The summed E-state index contributed by atoms with van der Waals surface area (Å²) in [5, 5.41) is 2.59. The minimum atomic E-state index is -0.0433. The minimum absolute atomic E-state index is 0.0433. The van der Waals surface area contributed by atoms with Gasteiger partial charge in [0.1, 0.15) is 6.29 Å². The maximum atomic E-state index is 11.4. The number of amides is 1. The van der Waals surface area contributed by atoms with Gasteiger partial charge in [0.25, 0.3) is 0 Å². The van der Waals surface area contributed by atoms with Crippen LogP contribution in [0.1, 0.15) is 17.3 Å². The minimum Gasteiger partial charge on any atom is -0.362 e. The van der Waals surface area contributed by atoms with E-state index in [-0.39, 0.29) is 5.91 Å². The zero-order valence-electron chi connectivity index (χ0n) is 9.87. The van der Waals surface area contributed by atoms with E-state index >= 15 is 0 Å². The molecule has 0 fully saturated rings. The van der Waals surface area contributed by atoms with E-state index in [2.05, 4.69) is 21.2 Å². The number of rotatable bonds is 5. The van der Waals surface area contributed by atoms with Gasteiger partial charge in [-0.25, -0.2) is 0 Å². The van der Waals surface area contributed by atoms with Gasteiger partial charge in [-0.1, -0.05) is 0 Å². The molecule has 0 saturated heterocycles. The molecule has 0 spiro atoms. The zero-order chi connectivity index (χ0) is 12.8. The van der Waals surface area contributed by atoms with E-state index < -0.39 is 0 Å². The van der Waals surface area contributed by atoms with Crippen LogP contribution in [-0.4, -0.2) is 32.3 Å². The maximum Gasteiger partial charge on any atom is 0.239 e. The number of benzene rings is 1. The summed E-state index contributed by atoms with van der Waals surface area (Å²) in [6.07, 6.45) is 0.795. The molecule has 0 saturated carbocycles. The smallest absolute Gasteiger partial charge is 0.239 e. The van der Waals surface area contributed by atoms with Gasteiger partial charge in [0.05, 0.1) is 12.2 Å². The molecule has 0 heterocycles. The monoisotopic (exact) mass is 298 g/mol. The second-order valence-corrected chi connectivity index (χ2v) is 4.37. The van der Waals surface area contributed by atoms with Crippen LogP contribution < -0.4 is 10.2 Å². The number of nitrogens with zero attached hydrogens (tertiary/aromatic N) is 1. The lowest BCUT2D eigenvalue weighted by Gasteiger charge is -2.23. The van der Waals surface area contributed by atoms with Gasteiger partial charge in [-0.05, 0) is 41.1 Å². The first-order valence-corrected chi connectivity index (χ1v) is 6.12. The standard InChI is InChI=1S/C12H15BrN2O2/c1-3-15(7-12(17)14-2)11-5-4-9(8-16)6-10(11)13/h4-6,8H,3,7H2,1-2H3,(H,14,17). The SMILES string of the molecule is CCN(CC(=O)NC)c1ccc(C=O)cc1Br. The predicted molar refractivity (Wildman–Crippen MR) is 71.5 cm³/mol. The van der Waals surface area contributed by atoms with Gasteiger partial charge in [0.15, 0.2) is 0 Å². The molecular weight excluding hydrogens is 284 g/mol. The van der Waals surface area contributed by atoms with Crippen molar-refractivity contribution in [3.63, 3.8) is 0 Å². The highest BCUT2D eigenvalue weighted by Gasteiger charge is 2.11. The van der Waals surface area contributed by atoms with Crippen LogP contribution in [0.2, 0.25) is 0 Å². The Labute approximate surface area is 109 Å². The van der Waals surface area contributed by atoms with Crippen molar-refractivity contribution in [1.82, 2.24) is 5.32 Å². The third-order valence-corrected chi connectivity index (χ3v) is 3.08. The summed E-state index contributed by atoms with van der Waals surface area (Å²) in [4.78, 5) is 23.9. The fraction of sp³-hybridized carbons (Fsp3) is 0.333. The van der Waals surface area contributed by atoms with E-state index in [4.69, 9.17) is 0 Å². The molecule has 0 unspecified atom stereocenters. The summed E-state index contributed by atoms with van der Waals surface area (Å²) in [6.45, 7) is 2.99. The number of carbonyl (C=O) groups is 2. The highest BCUT2D eigenvalue weighted by atomic mass is 79.9. The van der Waals surface area contributed by atoms with Gasteiger partial charge in [0.2, 0.25) is 5.91 Å². The number of halogens is 1. The van der Waals surface area contributed by atoms with Crippen LogP contribution in [0, 0.1) is 0 Å². The molecule has 1 aromatic carbocycles. The quantitative estimate of drug-likeness (QED) is 0.844. The Balaban J connectivity index is 2.95. The number of likely N-dealkylation sites (N-methyl/N-ethyl adjacent to an activating group) is 2. The third kappa shape index (κ3) is 3.56. The first-order valence-electron chi connectivity index (χ1n) is 5.32. The molecule has 0 aromatic heterocycles. The van der Waals surface area contributed by atoms with Crippen molar-refractivity contribution >= 4 is 33.8 Å². The van der Waals surface area contributed by atoms with E-state index in [0.717, 1.165) is 16.4 Å². The van der Waals surface area contributed by atoms with Gasteiger partial charge in [-0.15, -0.1) is 0 Å². The molecule has 1 aromatic rings. The molecular formula is C12H15BrN2O2. The lowest BCUT2D eigenvalue weighted by Crippen LogP contribution is -2.35. The molecule has 0 aliphatic rings. The summed E-state index contributed by atoms with van der Waals surface area (Å²) >= 11 is 3.41. The molecule has 5 heteroatoms. The molecule has 17 heavy (non-hydrogen) atoms. The average molecular weight is 299 g/mol. The van der Waals surface area contributed by atoms with Crippen molar-refractivity contribution in [2.24, 2.45) is 0 Å². The number of anilines is 1. The first-order chi connectivity index (χ1) is 8.12. The van der Waals surface area contributed by atoms with Gasteiger partial charge in [-0.2, -0.15) is 0 Å². The van der Waals surface area contributed by atoms with Crippen LogP contribution in [0.4, 0.5) is 5.69 Å². The van der Waals surface area contributed by atoms with Gasteiger partial charge < -0.3 is 10.2 Å². The van der Waals surface area contributed by atoms with Gasteiger partial charge in [0, 0.05) is 23.6 Å². The molecule has 0 aliphatic heterocycles. The Morgan fingerprint density at radius 2 is 2.24 bits per heavy atom. The van der Waals surface area contributed by atoms with Crippen LogP contribution in [0.3, 0.4) is 0 Å². The molecule has 1 rings (SSSR count). The fourth-order valence-corrected chi connectivity index (χ4v) is 2.12. The Hall–Kier alpha value is -1.36. The predicted octanol–water partition coefficient (Wildman–Crippen LogP) is 1.83. The van der Waals surface area contributed by atoms with E-state index in [9.17, 15) is 9.59 Å². The highest BCUT2D eigenvalue weighted by Crippen LogP contribution is 2.26. The molecule has 0 aliphatic carbocycles. The number of aldehydes is 1. The molecule has 1 N–H and O–H groups in total. The lowest BCUT2D eigenvalue weighted by molar-refractivity contribution is -0.119. The Morgan fingerprint density at radius 1 is 1.53 bits per heavy atom. The first kappa shape index (κ1) is 13.7. The molecule has 1 amide bonds. The zero-order valence-corrected chi connectivity index (χ0v) is 11.5. The number of hydrogen-bond acceptors (Lipinski definition) is 3. The van der Waals surface area contributed by atoms with Crippen molar-refractivity contribution < 1.29 is 9.59 Å². The van der Waals surface area contributed by atoms with Crippen LogP contribution in [0.5, 0.6) is 0 Å². The summed E-state index contributed by atoms with van der Waals surface area (Å²) < 4.78 is 0.813. The van der Waals surface area contributed by atoms with Crippen molar-refractivity contribution in [2.75, 3.05) is 25.0 Å². The Bertz CT molecular complexity index is 421. The number of carbonyl (C=O) groups excluding carboxylic acids is 2. The van der Waals surface area contributed by atoms with E-state index in [1.54, 1.807) is 19.2 Å². The van der Waals surface area contributed by atoms with Gasteiger partial charge >= 0.3 is 0 Å². The number of nitrogens with one attached hydrogen (secondary N) is 1. The lowest BCUT2D eigenvalue weighted by atomic mass is 10.2. The summed E-state index contributed by atoms with van der Waals surface area (Å²) in [5.41, 5.74) is 1.51. The Morgan fingerprint density at radius 3 is 2.71 bits per heavy atom. The summed E-state index contributed by atoms with van der Waals surface area (Å²) in [7, 11) is 1.61. The van der Waals surface area contributed by atoms with E-state index in [1.807, 2.05) is 17.9 Å². The largest absolute Gasteiger partial charge is 0.362 e. The van der Waals surface area contributed by atoms with E-state index in [0.29, 0.717) is 18.7 Å². The molecule has 0 bridgehead atoms. The van der Waals surface area contributed by atoms with E-state index in [1.165, 1.54) is 0 Å². The average Bonchev–Trinajstić information content (AvgIpc) is 2.35. The second kappa shape index (κ2) is 6.39. The van der Waals surface area contributed by atoms with Crippen molar-refractivity contribution in [3.05, 3.63) is 28.2 Å².